The molecule has 1 aliphatic heterocycles. The molecule has 0 spiro atoms. The van der Waals surface area contributed by atoms with E-state index in [2.05, 4.69) is 0 Å². The molecule has 3 unspecified atom stereocenters. The highest BCUT2D eigenvalue weighted by Crippen LogP contribution is 2.48. The fourth-order valence-corrected chi connectivity index (χ4v) is 5.89. The van der Waals surface area contributed by atoms with Gasteiger partial charge in [0.25, 0.3) is 0 Å². The number of ketones is 1. The molecule has 0 fully saturated rings. The zero-order valence-corrected chi connectivity index (χ0v) is 25.2. The molecule has 3 aromatic rings. The number of hydrogen-bond donors (Lipinski definition) is 0. The SMILES string of the molecule is COc1cc(C2C3=C(CC(c4ccc(Cl)cc4)CC3=O)N=C(C)C2C(=O)OCC(C)C)ccc1OCc1ccccc1. The van der Waals surface area contributed by atoms with Gasteiger partial charge in [-0.2, -0.15) is 0 Å². The van der Waals surface area contributed by atoms with Crippen LogP contribution in [0.4, 0.5) is 0 Å². The maximum absolute atomic E-state index is 13.9. The molecule has 2 aliphatic rings. The molecule has 42 heavy (non-hydrogen) atoms. The van der Waals surface area contributed by atoms with Crippen molar-refractivity contribution < 1.29 is 23.8 Å². The minimum atomic E-state index is -0.723. The summed E-state index contributed by atoms with van der Waals surface area (Å²) < 4.78 is 17.5. The van der Waals surface area contributed by atoms with E-state index in [-0.39, 0.29) is 23.6 Å². The Morgan fingerprint density at radius 3 is 2.38 bits per heavy atom. The summed E-state index contributed by atoms with van der Waals surface area (Å²) in [6.45, 7) is 6.52. The molecule has 218 valence electrons. The molecule has 1 heterocycles. The second-order valence-corrected chi connectivity index (χ2v) is 11.8. The summed E-state index contributed by atoms with van der Waals surface area (Å²) in [7, 11) is 1.59. The van der Waals surface area contributed by atoms with Crippen molar-refractivity contribution in [2.45, 2.75) is 52.1 Å². The lowest BCUT2D eigenvalue weighted by molar-refractivity contribution is -0.147. The van der Waals surface area contributed by atoms with E-state index in [4.69, 9.17) is 30.8 Å². The predicted molar refractivity (Wildman–Crippen MR) is 164 cm³/mol. The number of aliphatic imine (C=N–C) groups is 1. The summed E-state index contributed by atoms with van der Waals surface area (Å²) in [5.41, 5.74) is 4.81. The summed E-state index contributed by atoms with van der Waals surface area (Å²) in [6, 6.07) is 23.1. The predicted octanol–water partition coefficient (Wildman–Crippen LogP) is 7.70. The highest BCUT2D eigenvalue weighted by atomic mass is 35.5. The quantitative estimate of drug-likeness (QED) is 0.241. The van der Waals surface area contributed by atoms with Crippen molar-refractivity contribution >= 4 is 29.1 Å². The highest BCUT2D eigenvalue weighted by molar-refractivity contribution is 6.30. The summed E-state index contributed by atoms with van der Waals surface area (Å²) in [4.78, 5) is 32.4. The molecule has 0 aromatic heterocycles. The Labute approximate surface area is 252 Å². The van der Waals surface area contributed by atoms with Crippen LogP contribution < -0.4 is 9.47 Å². The van der Waals surface area contributed by atoms with Crippen molar-refractivity contribution in [1.29, 1.82) is 0 Å². The van der Waals surface area contributed by atoms with E-state index < -0.39 is 11.8 Å². The molecule has 0 radical (unpaired) electrons. The van der Waals surface area contributed by atoms with Gasteiger partial charge in [0.1, 0.15) is 12.5 Å². The van der Waals surface area contributed by atoms with Gasteiger partial charge in [0.2, 0.25) is 0 Å². The number of carbonyl (C=O) groups is 2. The number of methoxy groups -OCH3 is 1. The number of rotatable bonds is 9. The van der Waals surface area contributed by atoms with Gasteiger partial charge in [-0.15, -0.1) is 0 Å². The zero-order chi connectivity index (χ0) is 29.8. The lowest BCUT2D eigenvalue weighted by Gasteiger charge is -2.36. The number of carbonyl (C=O) groups excluding carboxylic acids is 2. The first-order valence-corrected chi connectivity index (χ1v) is 14.7. The van der Waals surface area contributed by atoms with Crippen molar-refractivity contribution in [2.75, 3.05) is 13.7 Å². The monoisotopic (exact) mass is 585 g/mol. The molecule has 0 saturated carbocycles. The van der Waals surface area contributed by atoms with Crippen molar-refractivity contribution in [3.8, 4) is 11.5 Å². The Kier molecular flexibility index (Phi) is 9.12. The Balaban J connectivity index is 1.52. The van der Waals surface area contributed by atoms with E-state index in [9.17, 15) is 9.59 Å². The van der Waals surface area contributed by atoms with E-state index in [1.807, 2.05) is 93.6 Å². The molecule has 0 N–H and O–H groups in total. The number of ether oxygens (including phenoxy) is 3. The normalized spacial score (nSPS) is 20.2. The Hall–Kier alpha value is -3.90. The maximum Gasteiger partial charge on any atom is 0.315 e. The van der Waals surface area contributed by atoms with Crippen LogP contribution in [0.2, 0.25) is 5.02 Å². The first-order chi connectivity index (χ1) is 20.2. The number of halogens is 1. The van der Waals surface area contributed by atoms with Gasteiger partial charge in [0.15, 0.2) is 17.3 Å². The summed E-state index contributed by atoms with van der Waals surface area (Å²) >= 11 is 6.11. The van der Waals surface area contributed by atoms with Crippen molar-refractivity contribution in [3.63, 3.8) is 0 Å². The topological polar surface area (TPSA) is 74.2 Å². The fourth-order valence-electron chi connectivity index (χ4n) is 5.77. The third kappa shape index (κ3) is 6.44. The number of Topliss-reactive ketones (excluding diaryl/α,β-unsaturated/α-hetero) is 1. The average molecular weight is 586 g/mol. The average Bonchev–Trinajstić information content (AvgIpc) is 2.98. The first-order valence-electron chi connectivity index (χ1n) is 14.3. The summed E-state index contributed by atoms with van der Waals surface area (Å²) in [5.74, 6) is -0.384. The third-order valence-corrected chi connectivity index (χ3v) is 8.08. The third-order valence-electron chi connectivity index (χ3n) is 7.83. The molecule has 0 amide bonds. The molecule has 0 bridgehead atoms. The van der Waals surface area contributed by atoms with Crippen LogP contribution in [-0.4, -0.2) is 31.2 Å². The van der Waals surface area contributed by atoms with Crippen LogP contribution in [0, 0.1) is 11.8 Å². The molecular weight excluding hydrogens is 550 g/mol. The number of esters is 1. The molecule has 3 aromatic carbocycles. The molecule has 6 nitrogen and oxygen atoms in total. The highest BCUT2D eigenvalue weighted by Gasteiger charge is 2.45. The Morgan fingerprint density at radius 2 is 1.69 bits per heavy atom. The molecule has 7 heteroatoms. The van der Waals surface area contributed by atoms with Crippen molar-refractivity contribution in [2.24, 2.45) is 16.8 Å². The van der Waals surface area contributed by atoms with E-state index in [1.165, 1.54) is 0 Å². The van der Waals surface area contributed by atoms with Gasteiger partial charge in [-0.3, -0.25) is 14.6 Å². The number of nitrogens with zero attached hydrogens (tertiary/aromatic N) is 1. The molecule has 1 aliphatic carbocycles. The van der Waals surface area contributed by atoms with Crippen LogP contribution >= 0.6 is 11.6 Å². The van der Waals surface area contributed by atoms with Gasteiger partial charge in [0, 0.05) is 34.3 Å². The van der Waals surface area contributed by atoms with E-state index in [0.717, 1.165) is 22.4 Å². The van der Waals surface area contributed by atoms with Crippen LogP contribution in [-0.2, 0) is 20.9 Å². The minimum Gasteiger partial charge on any atom is -0.493 e. The van der Waals surface area contributed by atoms with Gasteiger partial charge in [-0.1, -0.05) is 74.0 Å². The van der Waals surface area contributed by atoms with Crippen LogP contribution in [0.1, 0.15) is 62.1 Å². The Morgan fingerprint density at radius 1 is 0.976 bits per heavy atom. The van der Waals surface area contributed by atoms with E-state index >= 15 is 0 Å². The standard InChI is InChI=1S/C35H36ClNO5/c1-21(2)19-42-35(39)32-22(3)37-28-16-26(24-10-13-27(36)14-11-24)17-29(38)34(28)33(32)25-12-15-30(31(18-25)40-4)41-20-23-8-6-5-7-9-23/h5-15,18,21,26,32-33H,16-17,19-20H2,1-4H3. The van der Waals surface area contributed by atoms with Crippen LogP contribution in [0.15, 0.2) is 89.1 Å². The van der Waals surface area contributed by atoms with E-state index in [0.29, 0.717) is 53.9 Å². The first kappa shape index (κ1) is 29.6. The zero-order valence-electron chi connectivity index (χ0n) is 24.4. The molecule has 0 saturated heterocycles. The number of allylic oxidation sites excluding steroid dienone is 2. The van der Waals surface area contributed by atoms with E-state index in [1.54, 1.807) is 7.11 Å². The summed E-state index contributed by atoms with van der Waals surface area (Å²) in [5, 5.41) is 0.653. The number of benzene rings is 3. The van der Waals surface area contributed by atoms with Gasteiger partial charge in [-0.05, 0) is 66.1 Å². The Bertz CT molecular complexity index is 1510. The van der Waals surface area contributed by atoms with Gasteiger partial charge < -0.3 is 14.2 Å². The maximum atomic E-state index is 13.9. The fraction of sp³-hybridized carbons (Fsp3) is 0.343. The second kappa shape index (κ2) is 13.0. The number of hydrogen-bond acceptors (Lipinski definition) is 6. The van der Waals surface area contributed by atoms with Gasteiger partial charge in [0.05, 0.1) is 13.7 Å². The lowest BCUT2D eigenvalue weighted by atomic mass is 9.69. The van der Waals surface area contributed by atoms with Crippen LogP contribution in [0.5, 0.6) is 11.5 Å². The second-order valence-electron chi connectivity index (χ2n) is 11.4. The van der Waals surface area contributed by atoms with Gasteiger partial charge in [-0.25, -0.2) is 0 Å². The van der Waals surface area contributed by atoms with Crippen molar-refractivity contribution in [3.05, 3.63) is 106 Å². The van der Waals surface area contributed by atoms with Crippen molar-refractivity contribution in [1.82, 2.24) is 0 Å². The summed E-state index contributed by atoms with van der Waals surface area (Å²) in [6.07, 6.45) is 0.925. The van der Waals surface area contributed by atoms with Crippen LogP contribution in [0.3, 0.4) is 0 Å². The molecule has 3 atom stereocenters. The van der Waals surface area contributed by atoms with Crippen LogP contribution in [0.25, 0.3) is 0 Å². The molecular formula is C35H36ClNO5. The largest absolute Gasteiger partial charge is 0.493 e. The molecule has 5 rings (SSSR count). The van der Waals surface area contributed by atoms with Gasteiger partial charge >= 0.3 is 5.97 Å². The lowest BCUT2D eigenvalue weighted by Crippen LogP contribution is -2.38. The smallest absolute Gasteiger partial charge is 0.315 e. The minimum absolute atomic E-state index is 0.0116.